The summed E-state index contributed by atoms with van der Waals surface area (Å²) in [7, 11) is 0. The number of hydrogen-bond acceptors (Lipinski definition) is 3. The third-order valence-electron chi connectivity index (χ3n) is 4.60. The van der Waals surface area contributed by atoms with Crippen molar-refractivity contribution in [2.75, 3.05) is 19.6 Å². The molecule has 26 heavy (non-hydrogen) atoms. The van der Waals surface area contributed by atoms with Crippen molar-refractivity contribution in [3.63, 3.8) is 0 Å². The van der Waals surface area contributed by atoms with E-state index in [1.54, 1.807) is 29.2 Å². The molecule has 0 aliphatic carbocycles. The molecule has 2 amide bonds. The molecule has 136 valence electrons. The Kier molecular flexibility index (Phi) is 5.61. The fourth-order valence-electron chi connectivity index (χ4n) is 3.25. The molecule has 1 aromatic heterocycles. The van der Waals surface area contributed by atoms with Crippen LogP contribution in [0.25, 0.3) is 11.3 Å². The molecular formula is C20H22FN3O2. The van der Waals surface area contributed by atoms with Crippen LogP contribution < -0.4 is 5.32 Å². The van der Waals surface area contributed by atoms with Gasteiger partial charge in [0.15, 0.2) is 0 Å². The number of carbonyl (C=O) groups excluding carboxylic acids is 2. The lowest BCUT2D eigenvalue weighted by atomic mass is 9.93. The van der Waals surface area contributed by atoms with E-state index in [1.807, 2.05) is 12.1 Å². The van der Waals surface area contributed by atoms with E-state index >= 15 is 0 Å². The average Bonchev–Trinajstić information content (AvgIpc) is 2.66. The predicted molar refractivity (Wildman–Crippen MR) is 96.9 cm³/mol. The summed E-state index contributed by atoms with van der Waals surface area (Å²) in [5, 5.41) is 2.55. The Bertz CT molecular complexity index is 809. The van der Waals surface area contributed by atoms with Gasteiger partial charge in [-0.3, -0.25) is 14.6 Å². The van der Waals surface area contributed by atoms with Gasteiger partial charge in [-0.15, -0.1) is 0 Å². The Morgan fingerprint density at radius 1 is 1.23 bits per heavy atom. The smallest absolute Gasteiger partial charge is 0.241 e. The van der Waals surface area contributed by atoms with Crippen molar-refractivity contribution >= 4 is 11.8 Å². The maximum atomic E-state index is 14.0. The number of amides is 2. The molecule has 3 rings (SSSR count). The van der Waals surface area contributed by atoms with E-state index in [0.29, 0.717) is 24.3 Å². The third kappa shape index (κ3) is 4.25. The minimum absolute atomic E-state index is 0.0186. The van der Waals surface area contributed by atoms with E-state index in [1.165, 1.54) is 13.0 Å². The quantitative estimate of drug-likeness (QED) is 0.917. The van der Waals surface area contributed by atoms with E-state index in [9.17, 15) is 14.0 Å². The minimum atomic E-state index is -0.298. The maximum absolute atomic E-state index is 14.0. The van der Waals surface area contributed by atoms with Gasteiger partial charge in [0.2, 0.25) is 11.8 Å². The molecule has 2 aromatic rings. The highest BCUT2D eigenvalue weighted by Crippen LogP contribution is 2.28. The molecule has 1 saturated heterocycles. The molecule has 0 radical (unpaired) electrons. The molecule has 1 aliphatic heterocycles. The van der Waals surface area contributed by atoms with Crippen LogP contribution in [-0.4, -0.2) is 41.3 Å². The van der Waals surface area contributed by atoms with E-state index < -0.39 is 0 Å². The van der Waals surface area contributed by atoms with Crippen LogP contribution in [0.3, 0.4) is 0 Å². The second-order valence-electron chi connectivity index (χ2n) is 6.52. The second-order valence-corrected chi connectivity index (χ2v) is 6.52. The van der Waals surface area contributed by atoms with Crippen LogP contribution in [0, 0.1) is 5.82 Å². The summed E-state index contributed by atoms with van der Waals surface area (Å²) in [5.41, 5.74) is 1.94. The van der Waals surface area contributed by atoms with Crippen LogP contribution in [0.1, 0.15) is 31.4 Å². The first-order valence-electron chi connectivity index (χ1n) is 8.78. The maximum Gasteiger partial charge on any atom is 0.241 e. The van der Waals surface area contributed by atoms with Crippen molar-refractivity contribution in [2.45, 2.75) is 25.7 Å². The molecule has 0 saturated carbocycles. The summed E-state index contributed by atoms with van der Waals surface area (Å²) in [4.78, 5) is 29.7. The van der Waals surface area contributed by atoms with Gasteiger partial charge in [0.25, 0.3) is 0 Å². The Labute approximate surface area is 152 Å². The van der Waals surface area contributed by atoms with Crippen LogP contribution in [0.5, 0.6) is 0 Å². The topological polar surface area (TPSA) is 62.3 Å². The zero-order valence-electron chi connectivity index (χ0n) is 14.7. The first kappa shape index (κ1) is 18.0. The fraction of sp³-hybridized carbons (Fsp3) is 0.350. The van der Waals surface area contributed by atoms with Crippen molar-refractivity contribution in [1.82, 2.24) is 15.2 Å². The number of piperidine rings is 1. The van der Waals surface area contributed by atoms with Crippen LogP contribution in [0.2, 0.25) is 0 Å². The predicted octanol–water partition coefficient (Wildman–Crippen LogP) is 2.73. The molecule has 1 fully saturated rings. The number of halogens is 1. The van der Waals surface area contributed by atoms with Crippen molar-refractivity contribution in [2.24, 2.45) is 0 Å². The first-order valence-corrected chi connectivity index (χ1v) is 8.78. The standard InChI is InChI=1S/C20H22FN3O2/c1-14(25)22-12-20(26)24-11-5-6-15(13-24)18-9-4-10-19(23-18)16-7-2-3-8-17(16)21/h2-4,7-10,15H,5-6,11-13H2,1H3,(H,22,25). The SMILES string of the molecule is CC(=O)NCC(=O)N1CCCC(c2cccc(-c3ccccc3F)n2)C1. The number of nitrogens with zero attached hydrogens (tertiary/aromatic N) is 2. The van der Waals surface area contributed by atoms with E-state index in [2.05, 4.69) is 10.3 Å². The van der Waals surface area contributed by atoms with Crippen LogP contribution in [-0.2, 0) is 9.59 Å². The van der Waals surface area contributed by atoms with Gasteiger partial charge < -0.3 is 10.2 Å². The number of carbonyl (C=O) groups is 2. The molecule has 0 bridgehead atoms. The van der Waals surface area contributed by atoms with Gasteiger partial charge in [-0.2, -0.15) is 0 Å². The number of benzene rings is 1. The van der Waals surface area contributed by atoms with Gasteiger partial charge in [-0.25, -0.2) is 4.39 Å². The summed E-state index contributed by atoms with van der Waals surface area (Å²) < 4.78 is 14.0. The summed E-state index contributed by atoms with van der Waals surface area (Å²) in [6.45, 7) is 2.66. The molecule has 1 atom stereocenters. The van der Waals surface area contributed by atoms with Crippen LogP contribution >= 0.6 is 0 Å². The normalized spacial score (nSPS) is 17.0. The fourth-order valence-corrected chi connectivity index (χ4v) is 3.25. The lowest BCUT2D eigenvalue weighted by molar-refractivity contribution is -0.133. The van der Waals surface area contributed by atoms with E-state index in [-0.39, 0.29) is 30.1 Å². The number of rotatable bonds is 4. The first-order chi connectivity index (χ1) is 12.5. The molecule has 1 unspecified atom stereocenters. The Balaban J connectivity index is 1.75. The van der Waals surface area contributed by atoms with Crippen LogP contribution in [0.4, 0.5) is 4.39 Å². The number of nitrogens with one attached hydrogen (secondary N) is 1. The van der Waals surface area contributed by atoms with Gasteiger partial charge in [-0.1, -0.05) is 18.2 Å². The molecule has 0 spiro atoms. The summed E-state index contributed by atoms with van der Waals surface area (Å²) in [6.07, 6.45) is 1.81. The van der Waals surface area contributed by atoms with E-state index in [0.717, 1.165) is 18.5 Å². The molecule has 1 aromatic carbocycles. The van der Waals surface area contributed by atoms with Crippen LogP contribution in [0.15, 0.2) is 42.5 Å². The number of hydrogen-bond donors (Lipinski definition) is 1. The van der Waals surface area contributed by atoms with Gasteiger partial charge in [0.1, 0.15) is 5.82 Å². The Hall–Kier alpha value is -2.76. The largest absolute Gasteiger partial charge is 0.347 e. The summed E-state index contributed by atoms with van der Waals surface area (Å²) in [5.74, 6) is -0.494. The second kappa shape index (κ2) is 8.08. The van der Waals surface area contributed by atoms with Crippen molar-refractivity contribution in [1.29, 1.82) is 0 Å². The Morgan fingerprint density at radius 3 is 2.81 bits per heavy atom. The Morgan fingerprint density at radius 2 is 2.04 bits per heavy atom. The highest BCUT2D eigenvalue weighted by atomic mass is 19.1. The molecule has 2 heterocycles. The number of pyridine rings is 1. The minimum Gasteiger partial charge on any atom is -0.347 e. The average molecular weight is 355 g/mol. The van der Waals surface area contributed by atoms with Gasteiger partial charge >= 0.3 is 0 Å². The summed E-state index contributed by atoms with van der Waals surface area (Å²) >= 11 is 0. The van der Waals surface area contributed by atoms with Gasteiger partial charge in [-0.05, 0) is 37.1 Å². The molecule has 1 N–H and O–H groups in total. The number of aromatic nitrogens is 1. The monoisotopic (exact) mass is 355 g/mol. The molecular weight excluding hydrogens is 333 g/mol. The third-order valence-corrected chi connectivity index (χ3v) is 4.60. The summed E-state index contributed by atoms with van der Waals surface area (Å²) in [6, 6.07) is 12.2. The number of likely N-dealkylation sites (tertiary alicyclic amines) is 1. The highest BCUT2D eigenvalue weighted by Gasteiger charge is 2.25. The van der Waals surface area contributed by atoms with Crippen molar-refractivity contribution < 1.29 is 14.0 Å². The van der Waals surface area contributed by atoms with Crippen molar-refractivity contribution in [3.8, 4) is 11.3 Å². The van der Waals surface area contributed by atoms with E-state index in [4.69, 9.17) is 0 Å². The lowest BCUT2D eigenvalue weighted by Gasteiger charge is -2.32. The molecule has 5 nitrogen and oxygen atoms in total. The highest BCUT2D eigenvalue weighted by molar-refractivity contribution is 5.83. The molecule has 1 aliphatic rings. The zero-order chi connectivity index (χ0) is 18.5. The van der Waals surface area contributed by atoms with Gasteiger partial charge in [0.05, 0.1) is 12.2 Å². The molecule has 6 heteroatoms. The lowest BCUT2D eigenvalue weighted by Crippen LogP contribution is -2.44. The van der Waals surface area contributed by atoms with Gasteiger partial charge in [0, 0.05) is 37.2 Å². The van der Waals surface area contributed by atoms with Crippen molar-refractivity contribution in [3.05, 3.63) is 54.0 Å². The zero-order valence-corrected chi connectivity index (χ0v) is 14.7.